The zero-order valence-electron chi connectivity index (χ0n) is 9.88. The second-order valence-corrected chi connectivity index (χ2v) is 3.87. The molecule has 0 N–H and O–H groups in total. The van der Waals surface area contributed by atoms with Crippen molar-refractivity contribution < 1.29 is 9.18 Å². The summed E-state index contributed by atoms with van der Waals surface area (Å²) in [5.41, 5.74) is 1.01. The number of halogens is 1. The van der Waals surface area contributed by atoms with Crippen molar-refractivity contribution >= 4 is 5.91 Å². The second-order valence-electron chi connectivity index (χ2n) is 3.87. The molecular formula is C13H12FN3O. The lowest BCUT2D eigenvalue weighted by Crippen LogP contribution is -2.27. The van der Waals surface area contributed by atoms with Crippen LogP contribution in [0.5, 0.6) is 0 Å². The predicted molar refractivity (Wildman–Crippen MR) is 64.2 cm³/mol. The molecule has 0 aliphatic rings. The Hall–Kier alpha value is -2.30. The molecule has 0 aromatic carbocycles. The molecule has 0 unspecified atom stereocenters. The highest BCUT2D eigenvalue weighted by molar-refractivity contribution is 5.92. The van der Waals surface area contributed by atoms with Crippen molar-refractivity contribution in [2.24, 2.45) is 0 Å². The van der Waals surface area contributed by atoms with E-state index < -0.39 is 5.95 Å². The summed E-state index contributed by atoms with van der Waals surface area (Å²) in [5.74, 6) is -0.978. The summed E-state index contributed by atoms with van der Waals surface area (Å²) >= 11 is 0. The Labute approximate surface area is 104 Å². The molecule has 0 radical (unpaired) electrons. The van der Waals surface area contributed by atoms with E-state index in [1.165, 1.54) is 23.1 Å². The number of pyridine rings is 2. The lowest BCUT2D eigenvalue weighted by atomic mass is 10.2. The summed E-state index contributed by atoms with van der Waals surface area (Å²) in [7, 11) is 1.64. The topological polar surface area (TPSA) is 46.1 Å². The SMILES string of the molecule is CN(Cc1cccnc1)C(=O)c1cccc(F)n1. The Morgan fingerprint density at radius 2 is 2.17 bits per heavy atom. The Morgan fingerprint density at radius 3 is 2.83 bits per heavy atom. The summed E-state index contributed by atoms with van der Waals surface area (Å²) in [4.78, 5) is 21.0. The van der Waals surface area contributed by atoms with Gasteiger partial charge in [-0.1, -0.05) is 12.1 Å². The molecular weight excluding hydrogens is 233 g/mol. The minimum atomic E-state index is -0.657. The van der Waals surface area contributed by atoms with E-state index in [2.05, 4.69) is 9.97 Å². The van der Waals surface area contributed by atoms with Gasteiger partial charge in [0.05, 0.1) is 0 Å². The van der Waals surface area contributed by atoms with E-state index in [1.807, 2.05) is 6.07 Å². The number of carbonyl (C=O) groups excluding carboxylic acids is 1. The monoisotopic (exact) mass is 245 g/mol. The zero-order valence-corrected chi connectivity index (χ0v) is 9.88. The first-order chi connectivity index (χ1) is 8.66. The van der Waals surface area contributed by atoms with Gasteiger partial charge in [0.15, 0.2) is 0 Å². The van der Waals surface area contributed by atoms with Crippen molar-refractivity contribution in [3.8, 4) is 0 Å². The number of nitrogens with zero attached hydrogens (tertiary/aromatic N) is 3. The Bertz CT molecular complexity index is 545. The van der Waals surface area contributed by atoms with E-state index >= 15 is 0 Å². The standard InChI is InChI=1S/C13H12FN3O/c1-17(9-10-4-3-7-15-8-10)13(18)11-5-2-6-12(14)16-11/h2-8H,9H2,1H3. The fraction of sp³-hybridized carbons (Fsp3) is 0.154. The third-order valence-corrected chi connectivity index (χ3v) is 2.42. The average molecular weight is 245 g/mol. The highest BCUT2D eigenvalue weighted by atomic mass is 19.1. The van der Waals surface area contributed by atoms with Crippen LogP contribution in [-0.2, 0) is 6.54 Å². The molecule has 4 nitrogen and oxygen atoms in total. The quantitative estimate of drug-likeness (QED) is 0.776. The third kappa shape index (κ3) is 2.88. The molecule has 92 valence electrons. The van der Waals surface area contributed by atoms with Crippen molar-refractivity contribution in [2.45, 2.75) is 6.54 Å². The summed E-state index contributed by atoms with van der Waals surface area (Å²) in [5, 5.41) is 0. The van der Waals surface area contributed by atoms with E-state index in [4.69, 9.17) is 0 Å². The minimum Gasteiger partial charge on any atom is -0.336 e. The zero-order chi connectivity index (χ0) is 13.0. The molecule has 0 bridgehead atoms. The van der Waals surface area contributed by atoms with Crippen LogP contribution in [0.1, 0.15) is 16.1 Å². The van der Waals surface area contributed by atoms with Crippen LogP contribution in [0.25, 0.3) is 0 Å². The Balaban J connectivity index is 2.10. The lowest BCUT2D eigenvalue weighted by Gasteiger charge is -2.16. The maximum atomic E-state index is 12.9. The number of aromatic nitrogens is 2. The van der Waals surface area contributed by atoms with E-state index in [-0.39, 0.29) is 11.6 Å². The van der Waals surface area contributed by atoms with Gasteiger partial charge in [-0.05, 0) is 23.8 Å². The summed E-state index contributed by atoms with van der Waals surface area (Å²) in [6.45, 7) is 0.408. The van der Waals surface area contributed by atoms with Crippen LogP contribution < -0.4 is 0 Å². The van der Waals surface area contributed by atoms with Gasteiger partial charge in [0.1, 0.15) is 5.69 Å². The van der Waals surface area contributed by atoms with E-state index in [0.717, 1.165) is 5.56 Å². The van der Waals surface area contributed by atoms with Gasteiger partial charge < -0.3 is 4.90 Å². The molecule has 1 amide bonds. The van der Waals surface area contributed by atoms with Crippen LogP contribution in [0.4, 0.5) is 4.39 Å². The molecule has 0 aliphatic heterocycles. The largest absolute Gasteiger partial charge is 0.336 e. The van der Waals surface area contributed by atoms with Gasteiger partial charge in [0.25, 0.3) is 5.91 Å². The van der Waals surface area contributed by atoms with Crippen molar-refractivity contribution in [2.75, 3.05) is 7.05 Å². The first-order valence-electron chi connectivity index (χ1n) is 5.44. The molecule has 2 rings (SSSR count). The summed E-state index contributed by atoms with van der Waals surface area (Å²) < 4.78 is 12.9. The van der Waals surface area contributed by atoms with Crippen molar-refractivity contribution in [1.29, 1.82) is 0 Å². The molecule has 0 spiro atoms. The van der Waals surface area contributed by atoms with Crippen LogP contribution >= 0.6 is 0 Å². The molecule has 5 heteroatoms. The maximum Gasteiger partial charge on any atom is 0.272 e. The van der Waals surface area contributed by atoms with Crippen LogP contribution in [0.3, 0.4) is 0 Å². The smallest absolute Gasteiger partial charge is 0.272 e. The third-order valence-electron chi connectivity index (χ3n) is 2.42. The van der Waals surface area contributed by atoms with E-state index in [0.29, 0.717) is 6.54 Å². The van der Waals surface area contributed by atoms with E-state index in [9.17, 15) is 9.18 Å². The molecule has 18 heavy (non-hydrogen) atoms. The van der Waals surface area contributed by atoms with Gasteiger partial charge in [-0.3, -0.25) is 9.78 Å². The number of hydrogen-bond donors (Lipinski definition) is 0. The molecule has 0 fully saturated rings. The first-order valence-corrected chi connectivity index (χ1v) is 5.44. The summed E-state index contributed by atoms with van der Waals surface area (Å²) in [6.07, 6.45) is 3.35. The minimum absolute atomic E-state index is 0.0985. The van der Waals surface area contributed by atoms with E-state index in [1.54, 1.807) is 25.5 Å². The van der Waals surface area contributed by atoms with Crippen molar-refractivity contribution in [3.63, 3.8) is 0 Å². The lowest BCUT2D eigenvalue weighted by molar-refractivity contribution is 0.0778. The maximum absolute atomic E-state index is 12.9. The van der Waals surface area contributed by atoms with Gasteiger partial charge in [-0.25, -0.2) is 4.98 Å². The van der Waals surface area contributed by atoms with Gasteiger partial charge in [-0.2, -0.15) is 4.39 Å². The predicted octanol–water partition coefficient (Wildman–Crippen LogP) is 1.89. The molecule has 0 saturated carbocycles. The van der Waals surface area contributed by atoms with Crippen molar-refractivity contribution in [3.05, 3.63) is 59.9 Å². The molecule has 2 heterocycles. The number of amides is 1. The molecule has 0 saturated heterocycles. The fourth-order valence-electron chi connectivity index (χ4n) is 1.56. The Morgan fingerprint density at radius 1 is 1.33 bits per heavy atom. The molecule has 2 aromatic heterocycles. The Kier molecular flexibility index (Phi) is 3.62. The van der Waals surface area contributed by atoms with Crippen LogP contribution in [0.15, 0.2) is 42.7 Å². The van der Waals surface area contributed by atoms with Gasteiger partial charge >= 0.3 is 0 Å². The highest BCUT2D eigenvalue weighted by Crippen LogP contribution is 2.06. The van der Waals surface area contributed by atoms with Crippen LogP contribution in [-0.4, -0.2) is 27.8 Å². The van der Waals surface area contributed by atoms with Crippen molar-refractivity contribution in [1.82, 2.24) is 14.9 Å². The first kappa shape index (κ1) is 12.2. The van der Waals surface area contributed by atoms with Crippen LogP contribution in [0.2, 0.25) is 0 Å². The van der Waals surface area contributed by atoms with Gasteiger partial charge in [-0.15, -0.1) is 0 Å². The average Bonchev–Trinajstić information content (AvgIpc) is 2.39. The van der Waals surface area contributed by atoms with Gasteiger partial charge in [0.2, 0.25) is 5.95 Å². The summed E-state index contributed by atoms with van der Waals surface area (Å²) in [6, 6.07) is 7.83. The highest BCUT2D eigenvalue weighted by Gasteiger charge is 2.13. The molecule has 0 atom stereocenters. The number of hydrogen-bond acceptors (Lipinski definition) is 3. The second kappa shape index (κ2) is 5.35. The normalized spacial score (nSPS) is 10.1. The fourth-order valence-corrected chi connectivity index (χ4v) is 1.56. The number of rotatable bonds is 3. The van der Waals surface area contributed by atoms with Gasteiger partial charge in [0, 0.05) is 26.0 Å². The molecule has 0 aliphatic carbocycles. The number of carbonyl (C=O) groups is 1. The van der Waals surface area contributed by atoms with Crippen LogP contribution in [0, 0.1) is 5.95 Å². The molecule has 2 aromatic rings.